The molecule has 8 heteroatoms. The lowest BCUT2D eigenvalue weighted by molar-refractivity contribution is -0.120. The molecule has 0 bridgehead atoms. The molecule has 0 saturated heterocycles. The van der Waals surface area contributed by atoms with Gasteiger partial charge in [-0.25, -0.2) is 4.79 Å². The van der Waals surface area contributed by atoms with Gasteiger partial charge in [0, 0.05) is 30.6 Å². The van der Waals surface area contributed by atoms with E-state index in [0.717, 1.165) is 11.1 Å². The number of hydrogen-bond donors (Lipinski definition) is 3. The third-order valence-corrected chi connectivity index (χ3v) is 4.47. The van der Waals surface area contributed by atoms with Crippen LogP contribution in [0.1, 0.15) is 55.1 Å². The van der Waals surface area contributed by atoms with Crippen molar-refractivity contribution in [2.75, 3.05) is 11.9 Å². The number of carbonyl (C=O) groups is 4. The van der Waals surface area contributed by atoms with Crippen molar-refractivity contribution in [3.8, 4) is 0 Å². The molecule has 3 N–H and O–H groups in total. The number of carbonyl (C=O) groups excluding carboxylic acids is 4. The third-order valence-electron chi connectivity index (χ3n) is 4.47. The molecular formula is C25H31N3O5. The Morgan fingerprint density at radius 3 is 2.06 bits per heavy atom. The van der Waals surface area contributed by atoms with Gasteiger partial charge in [-0.15, -0.1) is 0 Å². The fourth-order valence-electron chi connectivity index (χ4n) is 2.77. The maximum atomic E-state index is 12.2. The van der Waals surface area contributed by atoms with Crippen molar-refractivity contribution in [3.63, 3.8) is 0 Å². The van der Waals surface area contributed by atoms with Gasteiger partial charge in [0.1, 0.15) is 12.1 Å². The summed E-state index contributed by atoms with van der Waals surface area (Å²) in [7, 11) is 0. The van der Waals surface area contributed by atoms with Gasteiger partial charge in [-0.2, -0.15) is 0 Å². The molecule has 0 fully saturated rings. The van der Waals surface area contributed by atoms with Crippen LogP contribution in [-0.2, 0) is 20.9 Å². The largest absolute Gasteiger partial charge is 0.444 e. The molecule has 0 heterocycles. The third kappa shape index (κ3) is 9.99. The summed E-state index contributed by atoms with van der Waals surface area (Å²) in [5.41, 5.74) is 2.47. The Balaban J connectivity index is 1.71. The van der Waals surface area contributed by atoms with Gasteiger partial charge in [0.05, 0.1) is 0 Å². The number of aryl methyl sites for hydroxylation is 1. The van der Waals surface area contributed by atoms with Crippen LogP contribution in [-0.4, -0.2) is 35.8 Å². The molecule has 2 rings (SSSR count). The molecule has 176 valence electrons. The quantitative estimate of drug-likeness (QED) is 0.501. The van der Waals surface area contributed by atoms with Crippen LogP contribution in [0.25, 0.3) is 0 Å². The van der Waals surface area contributed by atoms with E-state index in [2.05, 4.69) is 16.0 Å². The van der Waals surface area contributed by atoms with Crippen LogP contribution in [0.15, 0.2) is 48.5 Å². The van der Waals surface area contributed by atoms with E-state index in [1.807, 2.05) is 19.1 Å². The highest BCUT2D eigenvalue weighted by Gasteiger charge is 2.16. The Kier molecular flexibility index (Phi) is 9.15. The molecule has 0 unspecified atom stereocenters. The van der Waals surface area contributed by atoms with E-state index >= 15 is 0 Å². The maximum Gasteiger partial charge on any atom is 0.408 e. The standard InChI is InChI=1S/C25H31N3O5/c1-17-5-9-19(10-6-17)21(29)13-14-22(30)28-20-11-7-18(8-12-20)15-26-23(31)16-27-24(32)33-25(2,3)4/h5-12H,13-16H2,1-4H3,(H,26,31)(H,27,32)(H,28,30). The highest BCUT2D eigenvalue weighted by atomic mass is 16.6. The zero-order chi connectivity index (χ0) is 24.4. The number of nitrogens with one attached hydrogen (secondary N) is 3. The lowest BCUT2D eigenvalue weighted by atomic mass is 10.0. The van der Waals surface area contributed by atoms with Crippen LogP contribution in [0.5, 0.6) is 0 Å². The van der Waals surface area contributed by atoms with Gasteiger partial charge >= 0.3 is 6.09 Å². The van der Waals surface area contributed by atoms with Crippen LogP contribution in [0.3, 0.4) is 0 Å². The van der Waals surface area contributed by atoms with Crippen LogP contribution in [0.4, 0.5) is 10.5 Å². The lowest BCUT2D eigenvalue weighted by Gasteiger charge is -2.19. The summed E-state index contributed by atoms with van der Waals surface area (Å²) in [5, 5.41) is 7.85. The molecule has 0 atom stereocenters. The second-order valence-corrected chi connectivity index (χ2v) is 8.67. The molecule has 2 aromatic carbocycles. The first-order chi connectivity index (χ1) is 15.5. The highest BCUT2D eigenvalue weighted by Crippen LogP contribution is 2.12. The van der Waals surface area contributed by atoms with E-state index in [4.69, 9.17) is 4.74 Å². The lowest BCUT2D eigenvalue weighted by Crippen LogP contribution is -2.39. The second-order valence-electron chi connectivity index (χ2n) is 8.67. The Labute approximate surface area is 194 Å². The summed E-state index contributed by atoms with van der Waals surface area (Å²) in [6.45, 7) is 7.25. The first-order valence-electron chi connectivity index (χ1n) is 10.7. The molecule has 0 saturated carbocycles. The van der Waals surface area contributed by atoms with Crippen molar-refractivity contribution in [1.82, 2.24) is 10.6 Å². The predicted molar refractivity (Wildman–Crippen MR) is 126 cm³/mol. The number of ether oxygens (including phenoxy) is 1. The fourth-order valence-corrected chi connectivity index (χ4v) is 2.77. The van der Waals surface area contributed by atoms with E-state index in [-0.39, 0.29) is 43.5 Å². The summed E-state index contributed by atoms with van der Waals surface area (Å²) in [5.74, 6) is -0.668. The van der Waals surface area contributed by atoms with Crippen molar-refractivity contribution < 1.29 is 23.9 Å². The minimum atomic E-state index is -0.654. The SMILES string of the molecule is Cc1ccc(C(=O)CCC(=O)Nc2ccc(CNC(=O)CNC(=O)OC(C)(C)C)cc2)cc1. The van der Waals surface area contributed by atoms with Gasteiger partial charge in [-0.3, -0.25) is 14.4 Å². The molecule has 0 aliphatic rings. The molecular weight excluding hydrogens is 422 g/mol. The molecule has 0 radical (unpaired) electrons. The smallest absolute Gasteiger partial charge is 0.408 e. The normalized spacial score (nSPS) is 10.8. The van der Waals surface area contributed by atoms with Crippen LogP contribution < -0.4 is 16.0 Å². The van der Waals surface area contributed by atoms with E-state index in [9.17, 15) is 19.2 Å². The van der Waals surface area contributed by atoms with Gasteiger partial charge < -0.3 is 20.7 Å². The zero-order valence-corrected chi connectivity index (χ0v) is 19.5. The highest BCUT2D eigenvalue weighted by molar-refractivity contribution is 6.00. The summed E-state index contributed by atoms with van der Waals surface area (Å²) in [6, 6.07) is 14.3. The molecule has 0 aromatic heterocycles. The molecule has 0 aliphatic heterocycles. The zero-order valence-electron chi connectivity index (χ0n) is 19.5. The number of Topliss-reactive ketones (excluding diaryl/α,β-unsaturated/α-hetero) is 1. The van der Waals surface area contributed by atoms with E-state index in [0.29, 0.717) is 11.3 Å². The van der Waals surface area contributed by atoms with Gasteiger partial charge in [0.15, 0.2) is 5.78 Å². The van der Waals surface area contributed by atoms with E-state index in [1.165, 1.54) is 0 Å². The molecule has 8 nitrogen and oxygen atoms in total. The van der Waals surface area contributed by atoms with Crippen LogP contribution in [0.2, 0.25) is 0 Å². The molecule has 33 heavy (non-hydrogen) atoms. The molecule has 3 amide bonds. The Morgan fingerprint density at radius 1 is 0.818 bits per heavy atom. The summed E-state index contributed by atoms with van der Waals surface area (Å²) >= 11 is 0. The van der Waals surface area contributed by atoms with Gasteiger partial charge in [-0.05, 0) is 45.4 Å². The first-order valence-corrected chi connectivity index (χ1v) is 10.7. The second kappa shape index (κ2) is 11.8. The maximum absolute atomic E-state index is 12.2. The number of anilines is 1. The first kappa shape index (κ1) is 25.6. The minimum absolute atomic E-state index is 0.0719. The van der Waals surface area contributed by atoms with Crippen molar-refractivity contribution in [2.24, 2.45) is 0 Å². The summed E-state index contributed by atoms with van der Waals surface area (Å²) in [4.78, 5) is 47.8. The van der Waals surface area contributed by atoms with E-state index in [1.54, 1.807) is 57.2 Å². The number of amides is 3. The average Bonchev–Trinajstić information content (AvgIpc) is 2.75. The summed E-state index contributed by atoms with van der Waals surface area (Å²) < 4.78 is 5.07. The van der Waals surface area contributed by atoms with Crippen LogP contribution in [0, 0.1) is 6.92 Å². The number of rotatable bonds is 9. The van der Waals surface area contributed by atoms with E-state index < -0.39 is 11.7 Å². The fraction of sp³-hybridized carbons (Fsp3) is 0.360. The van der Waals surface area contributed by atoms with Gasteiger partial charge in [-0.1, -0.05) is 42.0 Å². The van der Waals surface area contributed by atoms with Gasteiger partial charge in [0.2, 0.25) is 11.8 Å². The van der Waals surface area contributed by atoms with Gasteiger partial charge in [0.25, 0.3) is 0 Å². The number of alkyl carbamates (subject to hydrolysis) is 1. The molecule has 0 aliphatic carbocycles. The summed E-state index contributed by atoms with van der Waals surface area (Å²) in [6.07, 6.45) is -0.427. The number of hydrogen-bond acceptors (Lipinski definition) is 5. The van der Waals surface area contributed by atoms with Crippen molar-refractivity contribution in [1.29, 1.82) is 0 Å². The van der Waals surface area contributed by atoms with Crippen LogP contribution >= 0.6 is 0 Å². The Bertz CT molecular complexity index is 977. The number of benzene rings is 2. The van der Waals surface area contributed by atoms with Crippen molar-refractivity contribution in [3.05, 3.63) is 65.2 Å². The Hall–Kier alpha value is -3.68. The predicted octanol–water partition coefficient (Wildman–Crippen LogP) is 3.74. The van der Waals surface area contributed by atoms with Crippen molar-refractivity contribution >= 4 is 29.4 Å². The minimum Gasteiger partial charge on any atom is -0.444 e. The number of ketones is 1. The average molecular weight is 454 g/mol. The molecule has 2 aromatic rings. The Morgan fingerprint density at radius 2 is 1.45 bits per heavy atom. The monoisotopic (exact) mass is 453 g/mol. The topological polar surface area (TPSA) is 114 Å². The van der Waals surface area contributed by atoms with Crippen molar-refractivity contribution in [2.45, 2.75) is 52.7 Å². The molecule has 0 spiro atoms.